The van der Waals surface area contributed by atoms with Crippen molar-refractivity contribution in [1.29, 1.82) is 0 Å². The van der Waals surface area contributed by atoms with Crippen molar-refractivity contribution in [2.45, 2.75) is 76.0 Å². The molecule has 2 aliphatic rings. The molecule has 4 rings (SSSR count). The molecular formula is C25H32N2O2. The number of nitrogens with zero attached hydrogens (tertiary/aromatic N) is 2. The molecule has 0 amide bonds. The number of rotatable bonds is 5. The van der Waals surface area contributed by atoms with E-state index in [0.717, 1.165) is 5.69 Å². The van der Waals surface area contributed by atoms with Gasteiger partial charge in [-0.3, -0.25) is 0 Å². The minimum absolute atomic E-state index is 0.0843. The van der Waals surface area contributed by atoms with Crippen LogP contribution in [-0.2, 0) is 0 Å². The van der Waals surface area contributed by atoms with Gasteiger partial charge in [0, 0.05) is 12.7 Å². The molecule has 0 spiro atoms. The third-order valence-corrected chi connectivity index (χ3v) is 6.86. The lowest BCUT2D eigenvalue weighted by molar-refractivity contribution is 0.0690. The fraction of sp³-hybridized carbons (Fsp3) is 0.520. The third kappa shape index (κ3) is 4.63. The second kappa shape index (κ2) is 8.98. The number of carboxylic acids is 1. The highest BCUT2D eigenvalue weighted by atomic mass is 16.4. The highest BCUT2D eigenvalue weighted by Crippen LogP contribution is 2.40. The summed E-state index contributed by atoms with van der Waals surface area (Å²) in [6.07, 6.45) is 14.9. The maximum atomic E-state index is 11.1. The van der Waals surface area contributed by atoms with Crippen LogP contribution in [0, 0.1) is 0 Å². The topological polar surface area (TPSA) is 53.4 Å². The summed E-state index contributed by atoms with van der Waals surface area (Å²) in [4.78, 5) is 17.4. The van der Waals surface area contributed by atoms with Crippen LogP contribution >= 0.6 is 0 Å². The summed E-state index contributed by atoms with van der Waals surface area (Å²) in [7, 11) is 2.06. The van der Waals surface area contributed by atoms with Gasteiger partial charge in [0.1, 0.15) is 5.69 Å². The molecule has 1 heterocycles. The Morgan fingerprint density at radius 1 is 0.862 bits per heavy atom. The Kier molecular flexibility index (Phi) is 6.17. The van der Waals surface area contributed by atoms with Gasteiger partial charge in [0.25, 0.3) is 0 Å². The summed E-state index contributed by atoms with van der Waals surface area (Å²) in [5.74, 6) is 0.358. The first-order chi connectivity index (χ1) is 14.1. The number of hydrogen-bond acceptors (Lipinski definition) is 3. The molecular weight excluding hydrogens is 360 g/mol. The van der Waals surface area contributed by atoms with Gasteiger partial charge >= 0.3 is 5.97 Å². The summed E-state index contributed by atoms with van der Waals surface area (Å²) < 4.78 is 0. The molecule has 0 aliphatic heterocycles. The van der Waals surface area contributed by atoms with Crippen molar-refractivity contribution in [3.8, 4) is 0 Å². The van der Waals surface area contributed by atoms with Gasteiger partial charge in [0.15, 0.2) is 0 Å². The second-order valence-corrected chi connectivity index (χ2v) is 8.79. The van der Waals surface area contributed by atoms with Gasteiger partial charge in [0.2, 0.25) is 0 Å². The van der Waals surface area contributed by atoms with Crippen LogP contribution in [0.15, 0.2) is 36.5 Å². The number of hydrogen-bond donors (Lipinski definition) is 1. The summed E-state index contributed by atoms with van der Waals surface area (Å²) >= 11 is 0. The molecule has 29 heavy (non-hydrogen) atoms. The van der Waals surface area contributed by atoms with E-state index in [4.69, 9.17) is 5.11 Å². The molecule has 0 bridgehead atoms. The van der Waals surface area contributed by atoms with Crippen LogP contribution in [0.25, 0.3) is 0 Å². The van der Waals surface area contributed by atoms with E-state index in [2.05, 4.69) is 35.1 Å². The van der Waals surface area contributed by atoms with E-state index in [0.29, 0.717) is 11.8 Å². The zero-order chi connectivity index (χ0) is 20.2. The highest BCUT2D eigenvalue weighted by Gasteiger charge is 2.22. The normalized spacial score (nSPS) is 18.5. The fourth-order valence-electron chi connectivity index (χ4n) is 5.06. The number of aromatic carboxylic acids is 1. The third-order valence-electron chi connectivity index (χ3n) is 6.86. The molecule has 0 saturated heterocycles. The molecule has 1 N–H and O–H groups in total. The van der Waals surface area contributed by atoms with Crippen LogP contribution in [-0.4, -0.2) is 23.1 Å². The smallest absolute Gasteiger partial charge is 0.354 e. The number of anilines is 2. The van der Waals surface area contributed by atoms with Crippen molar-refractivity contribution in [2.24, 2.45) is 0 Å². The summed E-state index contributed by atoms with van der Waals surface area (Å²) in [6, 6.07) is 10.6. The molecule has 2 saturated carbocycles. The Morgan fingerprint density at radius 3 is 1.86 bits per heavy atom. The number of carboxylic acid groups (broad SMARTS) is 1. The minimum Gasteiger partial charge on any atom is -0.477 e. The molecule has 4 nitrogen and oxygen atoms in total. The predicted octanol–water partition coefficient (Wildman–Crippen LogP) is 6.64. The summed E-state index contributed by atoms with van der Waals surface area (Å²) in [6.45, 7) is 0. The van der Waals surface area contributed by atoms with E-state index < -0.39 is 5.97 Å². The number of carbonyl (C=O) groups is 1. The molecule has 0 unspecified atom stereocenters. The van der Waals surface area contributed by atoms with E-state index in [-0.39, 0.29) is 5.69 Å². The predicted molar refractivity (Wildman–Crippen MR) is 117 cm³/mol. The van der Waals surface area contributed by atoms with Gasteiger partial charge in [-0.1, -0.05) is 44.6 Å². The Labute approximate surface area is 174 Å². The molecule has 1 aromatic heterocycles. The first-order valence-electron chi connectivity index (χ1n) is 11.2. The molecule has 2 fully saturated rings. The molecule has 2 aromatic rings. The maximum absolute atomic E-state index is 11.1. The molecule has 0 atom stereocenters. The number of pyridine rings is 1. The lowest BCUT2D eigenvalue weighted by Gasteiger charge is -2.29. The monoisotopic (exact) mass is 392 g/mol. The zero-order valence-electron chi connectivity index (χ0n) is 17.4. The van der Waals surface area contributed by atoms with Crippen molar-refractivity contribution in [1.82, 2.24) is 4.98 Å². The van der Waals surface area contributed by atoms with Gasteiger partial charge in [-0.2, -0.15) is 0 Å². The average molecular weight is 393 g/mol. The van der Waals surface area contributed by atoms with E-state index >= 15 is 0 Å². The van der Waals surface area contributed by atoms with Gasteiger partial charge in [-0.15, -0.1) is 0 Å². The van der Waals surface area contributed by atoms with Crippen molar-refractivity contribution in [3.05, 3.63) is 53.3 Å². The van der Waals surface area contributed by atoms with E-state index in [1.807, 2.05) is 6.07 Å². The van der Waals surface area contributed by atoms with Crippen molar-refractivity contribution in [2.75, 3.05) is 11.9 Å². The van der Waals surface area contributed by atoms with Gasteiger partial charge < -0.3 is 10.0 Å². The molecule has 2 aliphatic carbocycles. The van der Waals surface area contributed by atoms with Gasteiger partial charge in [0.05, 0.1) is 11.9 Å². The lowest BCUT2D eigenvalue weighted by Crippen LogP contribution is -2.14. The van der Waals surface area contributed by atoms with E-state index in [9.17, 15) is 4.79 Å². The standard InChI is InChI=1S/C25H32N2O2/c1-27(22-12-13-24(25(28)29)26-17-22)23-15-20(18-8-4-2-5-9-18)14-21(16-23)19-10-6-3-7-11-19/h12-19H,2-11H2,1H3,(H,28,29). The van der Waals surface area contributed by atoms with Crippen molar-refractivity contribution < 1.29 is 9.90 Å². The Hall–Kier alpha value is -2.36. The van der Waals surface area contributed by atoms with E-state index in [1.165, 1.54) is 81.0 Å². The first kappa shape index (κ1) is 19.9. The highest BCUT2D eigenvalue weighted by molar-refractivity contribution is 5.85. The lowest BCUT2D eigenvalue weighted by atomic mass is 9.79. The number of aromatic nitrogens is 1. The zero-order valence-corrected chi connectivity index (χ0v) is 17.4. The minimum atomic E-state index is -0.988. The van der Waals surface area contributed by atoms with Gasteiger partial charge in [-0.25, -0.2) is 9.78 Å². The summed E-state index contributed by atoms with van der Waals surface area (Å²) in [5, 5.41) is 9.12. The second-order valence-electron chi connectivity index (χ2n) is 8.79. The van der Waals surface area contributed by atoms with E-state index in [1.54, 1.807) is 12.3 Å². The van der Waals surface area contributed by atoms with Crippen LogP contribution in [0.3, 0.4) is 0 Å². The summed E-state index contributed by atoms with van der Waals surface area (Å²) in [5.41, 5.74) is 5.18. The molecule has 0 radical (unpaired) electrons. The van der Waals surface area contributed by atoms with Crippen molar-refractivity contribution in [3.63, 3.8) is 0 Å². The quantitative estimate of drug-likeness (QED) is 0.619. The van der Waals surface area contributed by atoms with Crippen LogP contribution in [0.4, 0.5) is 11.4 Å². The Balaban J connectivity index is 1.67. The molecule has 154 valence electrons. The maximum Gasteiger partial charge on any atom is 0.354 e. The van der Waals surface area contributed by atoms with Crippen LogP contribution < -0.4 is 4.90 Å². The Morgan fingerprint density at radius 2 is 1.41 bits per heavy atom. The number of benzene rings is 1. The molecule has 4 heteroatoms. The van der Waals surface area contributed by atoms with Crippen molar-refractivity contribution >= 4 is 17.3 Å². The largest absolute Gasteiger partial charge is 0.477 e. The Bertz CT molecular complexity index is 798. The SMILES string of the molecule is CN(c1ccc(C(=O)O)nc1)c1cc(C2CCCCC2)cc(C2CCCCC2)c1. The van der Waals surface area contributed by atoms with Gasteiger partial charge in [-0.05, 0) is 72.9 Å². The molecule has 1 aromatic carbocycles. The van der Waals surface area contributed by atoms with Crippen LogP contribution in [0.1, 0.15) is 97.7 Å². The van der Waals surface area contributed by atoms with Crippen LogP contribution in [0.2, 0.25) is 0 Å². The first-order valence-corrected chi connectivity index (χ1v) is 11.2. The van der Waals surface area contributed by atoms with Crippen LogP contribution in [0.5, 0.6) is 0 Å². The fourth-order valence-corrected chi connectivity index (χ4v) is 5.06. The average Bonchev–Trinajstić information content (AvgIpc) is 2.79.